The predicted molar refractivity (Wildman–Crippen MR) is 65.6 cm³/mol. The van der Waals surface area contributed by atoms with Gasteiger partial charge in [-0.2, -0.15) is 5.10 Å². The summed E-state index contributed by atoms with van der Waals surface area (Å²) in [5.74, 6) is 0.728. The van der Waals surface area contributed by atoms with Crippen molar-refractivity contribution in [3.05, 3.63) is 17.5 Å². The Morgan fingerprint density at radius 3 is 3.00 bits per heavy atom. The maximum absolute atomic E-state index is 11.5. The zero-order valence-electron chi connectivity index (χ0n) is 10.3. The third-order valence-corrected chi connectivity index (χ3v) is 3.22. The van der Waals surface area contributed by atoms with E-state index in [1.54, 1.807) is 0 Å². The Morgan fingerprint density at radius 2 is 2.41 bits per heavy atom. The van der Waals surface area contributed by atoms with Crippen molar-refractivity contribution in [3.8, 4) is 0 Å². The zero-order valence-corrected chi connectivity index (χ0v) is 10.3. The topological polar surface area (TPSA) is 69.8 Å². The number of aryl methyl sites for hydroxylation is 2. The van der Waals surface area contributed by atoms with Crippen LogP contribution in [0, 0.1) is 12.8 Å². The summed E-state index contributed by atoms with van der Waals surface area (Å²) in [7, 11) is 0. The largest absolute Gasteiger partial charge is 0.356 e. The molecule has 1 saturated heterocycles. The first-order chi connectivity index (χ1) is 8.25. The van der Waals surface area contributed by atoms with E-state index in [2.05, 4.69) is 20.8 Å². The van der Waals surface area contributed by atoms with Crippen LogP contribution in [0.4, 0.5) is 0 Å². The Hall–Kier alpha value is -1.36. The van der Waals surface area contributed by atoms with E-state index in [9.17, 15) is 4.79 Å². The molecule has 94 valence electrons. The lowest BCUT2D eigenvalue weighted by Gasteiger charge is -2.26. The van der Waals surface area contributed by atoms with Crippen LogP contribution in [0.25, 0.3) is 0 Å². The summed E-state index contributed by atoms with van der Waals surface area (Å²) in [5.41, 5.74) is 2.36. The highest BCUT2D eigenvalue weighted by atomic mass is 16.1. The Labute approximate surface area is 101 Å². The van der Waals surface area contributed by atoms with Crippen molar-refractivity contribution >= 4 is 5.91 Å². The molecule has 1 aliphatic rings. The number of nitrogens with zero attached hydrogens (tertiary/aromatic N) is 1. The molecule has 0 saturated carbocycles. The molecule has 0 aromatic carbocycles. The Balaban J connectivity index is 1.56. The fourth-order valence-electron chi connectivity index (χ4n) is 1.96. The van der Waals surface area contributed by atoms with Crippen LogP contribution in [0.15, 0.2) is 6.20 Å². The lowest BCUT2D eigenvalue weighted by atomic mass is 9.99. The van der Waals surface area contributed by atoms with Gasteiger partial charge in [0.15, 0.2) is 0 Å². The minimum Gasteiger partial charge on any atom is -0.356 e. The molecule has 0 unspecified atom stereocenters. The molecule has 2 rings (SSSR count). The first kappa shape index (κ1) is 12.1. The summed E-state index contributed by atoms with van der Waals surface area (Å²) in [6.07, 6.45) is 4.46. The number of amides is 1. The lowest BCUT2D eigenvalue weighted by molar-refractivity contribution is -0.122. The van der Waals surface area contributed by atoms with Crippen molar-refractivity contribution in [1.82, 2.24) is 20.8 Å². The molecule has 2 heterocycles. The highest BCUT2D eigenvalue weighted by Crippen LogP contribution is 2.08. The molecule has 3 N–H and O–H groups in total. The van der Waals surface area contributed by atoms with Crippen molar-refractivity contribution in [2.24, 2.45) is 5.92 Å². The second-order valence-corrected chi connectivity index (χ2v) is 4.70. The molecule has 0 aliphatic carbocycles. The third-order valence-electron chi connectivity index (χ3n) is 3.22. The van der Waals surface area contributed by atoms with Crippen LogP contribution in [-0.2, 0) is 11.2 Å². The Kier molecular flexibility index (Phi) is 4.14. The average Bonchev–Trinajstić information content (AvgIpc) is 2.65. The second-order valence-electron chi connectivity index (χ2n) is 4.70. The minimum absolute atomic E-state index is 0.181. The van der Waals surface area contributed by atoms with E-state index >= 15 is 0 Å². The molecule has 0 bridgehead atoms. The van der Waals surface area contributed by atoms with Gasteiger partial charge in [-0.15, -0.1) is 0 Å². The number of rotatable bonds is 6. The standard InChI is InChI=1S/C12H20N4O/c1-9-11(8-15-16-9)3-2-4-14-12(17)5-10-6-13-7-10/h8,10,13H,2-7H2,1H3,(H,14,17)(H,15,16). The average molecular weight is 236 g/mol. The number of aromatic nitrogens is 2. The minimum atomic E-state index is 0.181. The summed E-state index contributed by atoms with van der Waals surface area (Å²) < 4.78 is 0. The second kappa shape index (κ2) is 5.82. The first-order valence-electron chi connectivity index (χ1n) is 6.22. The number of nitrogens with one attached hydrogen (secondary N) is 3. The SMILES string of the molecule is Cc1[nH]ncc1CCCNC(=O)CC1CNC1. The van der Waals surface area contributed by atoms with E-state index in [-0.39, 0.29) is 5.91 Å². The highest BCUT2D eigenvalue weighted by molar-refractivity contribution is 5.76. The van der Waals surface area contributed by atoms with Crippen LogP contribution in [-0.4, -0.2) is 35.7 Å². The van der Waals surface area contributed by atoms with Gasteiger partial charge in [0.25, 0.3) is 0 Å². The van der Waals surface area contributed by atoms with Gasteiger partial charge in [-0.1, -0.05) is 0 Å². The molecule has 0 spiro atoms. The van der Waals surface area contributed by atoms with Crippen LogP contribution < -0.4 is 10.6 Å². The summed E-state index contributed by atoms with van der Waals surface area (Å²) in [6, 6.07) is 0. The summed E-state index contributed by atoms with van der Waals surface area (Å²) in [6.45, 7) is 4.75. The van der Waals surface area contributed by atoms with Gasteiger partial charge in [0.1, 0.15) is 0 Å². The van der Waals surface area contributed by atoms with Gasteiger partial charge in [-0.3, -0.25) is 9.89 Å². The van der Waals surface area contributed by atoms with Crippen LogP contribution in [0.2, 0.25) is 0 Å². The monoisotopic (exact) mass is 236 g/mol. The molecular formula is C12H20N4O. The van der Waals surface area contributed by atoms with Crippen molar-refractivity contribution < 1.29 is 4.79 Å². The van der Waals surface area contributed by atoms with Gasteiger partial charge in [0.05, 0.1) is 6.20 Å². The molecule has 5 heteroatoms. The van der Waals surface area contributed by atoms with Gasteiger partial charge in [-0.05, 0) is 44.3 Å². The van der Waals surface area contributed by atoms with Crippen LogP contribution in [0.1, 0.15) is 24.1 Å². The number of hydrogen-bond donors (Lipinski definition) is 3. The van der Waals surface area contributed by atoms with E-state index in [1.165, 1.54) is 5.56 Å². The molecule has 5 nitrogen and oxygen atoms in total. The maximum atomic E-state index is 11.5. The normalized spacial score (nSPS) is 15.6. The van der Waals surface area contributed by atoms with E-state index in [1.807, 2.05) is 13.1 Å². The van der Waals surface area contributed by atoms with Gasteiger partial charge < -0.3 is 10.6 Å². The van der Waals surface area contributed by atoms with E-state index in [4.69, 9.17) is 0 Å². The summed E-state index contributed by atoms with van der Waals surface area (Å²) >= 11 is 0. The Bertz CT molecular complexity index is 370. The number of H-pyrrole nitrogens is 1. The highest BCUT2D eigenvalue weighted by Gasteiger charge is 2.19. The van der Waals surface area contributed by atoms with Crippen molar-refractivity contribution in [3.63, 3.8) is 0 Å². The molecule has 0 atom stereocenters. The summed E-state index contributed by atoms with van der Waals surface area (Å²) in [4.78, 5) is 11.5. The lowest BCUT2D eigenvalue weighted by Crippen LogP contribution is -2.44. The molecule has 1 amide bonds. The molecule has 17 heavy (non-hydrogen) atoms. The van der Waals surface area contributed by atoms with Gasteiger partial charge in [0, 0.05) is 18.7 Å². The van der Waals surface area contributed by atoms with E-state index in [0.717, 1.165) is 38.2 Å². The van der Waals surface area contributed by atoms with Gasteiger partial charge in [-0.25, -0.2) is 0 Å². The van der Waals surface area contributed by atoms with Crippen molar-refractivity contribution in [2.75, 3.05) is 19.6 Å². The fourth-order valence-corrected chi connectivity index (χ4v) is 1.96. The number of carbonyl (C=O) groups excluding carboxylic acids is 1. The van der Waals surface area contributed by atoms with Gasteiger partial charge >= 0.3 is 0 Å². The molecule has 1 aliphatic heterocycles. The van der Waals surface area contributed by atoms with Crippen LogP contribution in [0.5, 0.6) is 0 Å². The molecule has 1 aromatic rings. The first-order valence-corrected chi connectivity index (χ1v) is 6.22. The number of carbonyl (C=O) groups is 1. The third kappa shape index (κ3) is 3.56. The Morgan fingerprint density at radius 1 is 1.59 bits per heavy atom. The smallest absolute Gasteiger partial charge is 0.220 e. The van der Waals surface area contributed by atoms with Gasteiger partial charge in [0.2, 0.25) is 5.91 Å². The van der Waals surface area contributed by atoms with E-state index in [0.29, 0.717) is 12.3 Å². The maximum Gasteiger partial charge on any atom is 0.220 e. The predicted octanol–water partition coefficient (Wildman–Crippen LogP) is 0.376. The van der Waals surface area contributed by atoms with Crippen LogP contribution >= 0.6 is 0 Å². The molecular weight excluding hydrogens is 216 g/mol. The van der Waals surface area contributed by atoms with Crippen molar-refractivity contribution in [2.45, 2.75) is 26.2 Å². The number of aromatic amines is 1. The summed E-state index contributed by atoms with van der Waals surface area (Å²) in [5, 5.41) is 13.0. The quantitative estimate of drug-likeness (QED) is 0.625. The van der Waals surface area contributed by atoms with E-state index < -0.39 is 0 Å². The zero-order chi connectivity index (χ0) is 12.1. The molecule has 1 fully saturated rings. The fraction of sp³-hybridized carbons (Fsp3) is 0.667. The van der Waals surface area contributed by atoms with Crippen molar-refractivity contribution in [1.29, 1.82) is 0 Å². The number of hydrogen-bond acceptors (Lipinski definition) is 3. The molecule has 1 aromatic heterocycles. The molecule has 0 radical (unpaired) electrons. The van der Waals surface area contributed by atoms with Crippen LogP contribution in [0.3, 0.4) is 0 Å².